The first kappa shape index (κ1) is 15.7. The molecule has 0 aromatic carbocycles. The number of methoxy groups -OCH3 is 1. The summed E-state index contributed by atoms with van der Waals surface area (Å²) in [5.74, 6) is -0.350. The van der Waals surface area contributed by atoms with Gasteiger partial charge in [-0.3, -0.25) is 14.6 Å². The Hall–Kier alpha value is -1.65. The standard InChI is InChI=1S/C16H24N2O3/c1-4-17-9-12-5-7-14-8-6-13(16(20)21-3)10-18(14)15(19)11(12)2/h9,13-14H,4-8,10H2,1-3H3. The third-order valence-corrected chi connectivity index (χ3v) is 4.48. The number of ether oxygens (including phenoxy) is 1. The van der Waals surface area contributed by atoms with E-state index in [1.165, 1.54) is 7.11 Å². The van der Waals surface area contributed by atoms with E-state index in [0.29, 0.717) is 6.54 Å². The van der Waals surface area contributed by atoms with Crippen molar-refractivity contribution >= 4 is 18.1 Å². The average molecular weight is 292 g/mol. The summed E-state index contributed by atoms with van der Waals surface area (Å²) >= 11 is 0. The molecule has 0 radical (unpaired) electrons. The number of hydrogen-bond donors (Lipinski definition) is 0. The van der Waals surface area contributed by atoms with Crippen molar-refractivity contribution in [1.29, 1.82) is 0 Å². The van der Waals surface area contributed by atoms with Crippen LogP contribution in [-0.2, 0) is 14.3 Å². The van der Waals surface area contributed by atoms with Gasteiger partial charge in [0.2, 0.25) is 5.91 Å². The second-order valence-electron chi connectivity index (χ2n) is 5.73. The summed E-state index contributed by atoms with van der Waals surface area (Å²) in [6, 6.07) is 0.237. The second kappa shape index (κ2) is 6.87. The van der Waals surface area contributed by atoms with Gasteiger partial charge in [0.15, 0.2) is 0 Å². The van der Waals surface area contributed by atoms with Gasteiger partial charge in [-0.05, 0) is 45.1 Å². The largest absolute Gasteiger partial charge is 0.469 e. The van der Waals surface area contributed by atoms with E-state index in [9.17, 15) is 9.59 Å². The molecule has 0 spiro atoms. The molecule has 0 bridgehead atoms. The molecule has 21 heavy (non-hydrogen) atoms. The van der Waals surface area contributed by atoms with E-state index in [1.807, 2.05) is 25.0 Å². The number of rotatable bonds is 3. The summed E-state index contributed by atoms with van der Waals surface area (Å²) in [5.41, 5.74) is 1.80. The fraction of sp³-hybridized carbons (Fsp3) is 0.688. The normalized spacial score (nSPS) is 26.8. The predicted octanol–water partition coefficient (Wildman–Crippen LogP) is 1.97. The topological polar surface area (TPSA) is 59.0 Å². The van der Waals surface area contributed by atoms with Crippen LogP contribution in [0.15, 0.2) is 16.1 Å². The lowest BCUT2D eigenvalue weighted by Gasteiger charge is -2.38. The Labute approximate surface area is 126 Å². The molecule has 2 aliphatic heterocycles. The molecule has 116 valence electrons. The van der Waals surface area contributed by atoms with Gasteiger partial charge in [-0.1, -0.05) is 0 Å². The molecule has 2 heterocycles. The highest BCUT2D eigenvalue weighted by Crippen LogP contribution is 2.31. The molecule has 2 atom stereocenters. The maximum absolute atomic E-state index is 12.7. The lowest BCUT2D eigenvalue weighted by atomic mass is 9.90. The number of nitrogens with zero attached hydrogens (tertiary/aromatic N) is 2. The van der Waals surface area contributed by atoms with Crippen molar-refractivity contribution in [2.45, 2.75) is 45.6 Å². The predicted molar refractivity (Wildman–Crippen MR) is 81.2 cm³/mol. The second-order valence-corrected chi connectivity index (χ2v) is 5.73. The number of fused-ring (bicyclic) bond motifs is 1. The highest BCUT2D eigenvalue weighted by molar-refractivity contribution is 6.00. The van der Waals surface area contributed by atoms with Crippen LogP contribution in [0.3, 0.4) is 0 Å². The lowest BCUT2D eigenvalue weighted by Crippen LogP contribution is -2.48. The molecule has 5 heteroatoms. The number of piperidine rings is 1. The van der Waals surface area contributed by atoms with Gasteiger partial charge in [-0.25, -0.2) is 0 Å². The molecule has 0 N–H and O–H groups in total. The summed E-state index contributed by atoms with van der Waals surface area (Å²) < 4.78 is 4.83. The van der Waals surface area contributed by atoms with E-state index in [1.54, 1.807) is 0 Å². The molecule has 2 aliphatic rings. The van der Waals surface area contributed by atoms with Gasteiger partial charge in [0.1, 0.15) is 0 Å². The van der Waals surface area contributed by atoms with Gasteiger partial charge in [0, 0.05) is 30.9 Å². The monoisotopic (exact) mass is 292 g/mol. The summed E-state index contributed by atoms with van der Waals surface area (Å²) in [6.07, 6.45) is 5.34. The van der Waals surface area contributed by atoms with E-state index in [2.05, 4.69) is 4.99 Å². The van der Waals surface area contributed by atoms with Gasteiger partial charge in [0.25, 0.3) is 0 Å². The minimum atomic E-state index is -0.208. The minimum Gasteiger partial charge on any atom is -0.469 e. The van der Waals surface area contributed by atoms with Crippen LogP contribution in [0.2, 0.25) is 0 Å². The lowest BCUT2D eigenvalue weighted by molar-refractivity contribution is -0.149. The number of carbonyl (C=O) groups is 2. The SMILES string of the molecule is CCN=CC1=C(C)C(=O)N2CC(C(=O)OC)CCC2CC1. The summed E-state index contributed by atoms with van der Waals surface area (Å²) in [6.45, 7) is 5.05. The molecule has 0 aliphatic carbocycles. The van der Waals surface area contributed by atoms with E-state index in [0.717, 1.165) is 43.4 Å². The van der Waals surface area contributed by atoms with Crippen molar-refractivity contribution in [2.75, 3.05) is 20.2 Å². The van der Waals surface area contributed by atoms with Crippen LogP contribution in [-0.4, -0.2) is 49.2 Å². The highest BCUT2D eigenvalue weighted by atomic mass is 16.5. The van der Waals surface area contributed by atoms with Gasteiger partial charge in [-0.15, -0.1) is 0 Å². The number of amides is 1. The zero-order valence-corrected chi connectivity index (χ0v) is 13.1. The van der Waals surface area contributed by atoms with Crippen molar-refractivity contribution in [1.82, 2.24) is 4.90 Å². The Kier molecular flexibility index (Phi) is 5.15. The van der Waals surface area contributed by atoms with E-state index >= 15 is 0 Å². The number of esters is 1. The zero-order valence-electron chi connectivity index (χ0n) is 13.1. The Morgan fingerprint density at radius 3 is 2.86 bits per heavy atom. The fourth-order valence-electron chi connectivity index (χ4n) is 3.16. The van der Waals surface area contributed by atoms with Crippen LogP contribution in [0.5, 0.6) is 0 Å². The number of allylic oxidation sites excluding steroid dienone is 1. The molecule has 0 saturated carbocycles. The number of hydrogen-bond acceptors (Lipinski definition) is 4. The molecule has 2 rings (SSSR count). The number of carbonyl (C=O) groups excluding carboxylic acids is 2. The van der Waals surface area contributed by atoms with Crippen LogP contribution in [0, 0.1) is 5.92 Å². The van der Waals surface area contributed by atoms with Gasteiger partial charge in [-0.2, -0.15) is 0 Å². The maximum Gasteiger partial charge on any atom is 0.310 e. The molecular weight excluding hydrogens is 268 g/mol. The van der Waals surface area contributed by atoms with Crippen molar-refractivity contribution in [3.8, 4) is 0 Å². The van der Waals surface area contributed by atoms with Crippen molar-refractivity contribution in [3.63, 3.8) is 0 Å². The minimum absolute atomic E-state index is 0.0451. The third-order valence-electron chi connectivity index (χ3n) is 4.48. The Morgan fingerprint density at radius 1 is 1.43 bits per heavy atom. The van der Waals surface area contributed by atoms with Crippen LogP contribution in [0.4, 0.5) is 0 Å². The zero-order chi connectivity index (χ0) is 15.4. The Bertz CT molecular complexity index is 482. The van der Waals surface area contributed by atoms with Crippen molar-refractivity contribution in [3.05, 3.63) is 11.1 Å². The third kappa shape index (κ3) is 3.34. The van der Waals surface area contributed by atoms with Crippen LogP contribution in [0.25, 0.3) is 0 Å². The molecular formula is C16H24N2O3. The Balaban J connectivity index is 2.19. The average Bonchev–Trinajstić information content (AvgIpc) is 2.63. The quantitative estimate of drug-likeness (QED) is 0.590. The van der Waals surface area contributed by atoms with E-state index in [-0.39, 0.29) is 23.8 Å². The molecule has 1 fully saturated rings. The molecule has 0 aromatic rings. The summed E-state index contributed by atoms with van der Waals surface area (Å²) in [4.78, 5) is 30.5. The molecule has 1 saturated heterocycles. The molecule has 2 unspecified atom stereocenters. The van der Waals surface area contributed by atoms with Crippen molar-refractivity contribution in [2.24, 2.45) is 10.9 Å². The highest BCUT2D eigenvalue weighted by Gasteiger charge is 2.37. The van der Waals surface area contributed by atoms with Gasteiger partial charge in [0.05, 0.1) is 13.0 Å². The van der Waals surface area contributed by atoms with Crippen LogP contribution in [0.1, 0.15) is 39.5 Å². The van der Waals surface area contributed by atoms with Gasteiger partial charge < -0.3 is 9.64 Å². The van der Waals surface area contributed by atoms with E-state index in [4.69, 9.17) is 4.74 Å². The fourth-order valence-corrected chi connectivity index (χ4v) is 3.16. The first-order valence-corrected chi connectivity index (χ1v) is 7.66. The maximum atomic E-state index is 12.7. The Morgan fingerprint density at radius 2 is 2.19 bits per heavy atom. The molecule has 5 nitrogen and oxygen atoms in total. The van der Waals surface area contributed by atoms with E-state index < -0.39 is 0 Å². The smallest absolute Gasteiger partial charge is 0.310 e. The van der Waals surface area contributed by atoms with Crippen LogP contribution >= 0.6 is 0 Å². The molecule has 1 amide bonds. The first-order valence-electron chi connectivity index (χ1n) is 7.66. The number of aliphatic imine (C=N–C) groups is 1. The summed E-state index contributed by atoms with van der Waals surface area (Å²) in [5, 5.41) is 0. The van der Waals surface area contributed by atoms with Crippen LogP contribution < -0.4 is 0 Å². The van der Waals surface area contributed by atoms with Crippen molar-refractivity contribution < 1.29 is 14.3 Å². The molecule has 0 aromatic heterocycles. The summed E-state index contributed by atoms with van der Waals surface area (Å²) in [7, 11) is 1.41. The first-order chi connectivity index (χ1) is 10.1. The van der Waals surface area contributed by atoms with Gasteiger partial charge >= 0.3 is 5.97 Å².